The molecule has 4 heterocycles. The van der Waals surface area contributed by atoms with Crippen LogP contribution in [0.1, 0.15) is 0 Å². The van der Waals surface area contributed by atoms with Crippen LogP contribution in [-0.2, 0) is 9.13 Å². The van der Waals surface area contributed by atoms with Crippen molar-refractivity contribution in [3.05, 3.63) is 0 Å². The molecular weight excluding hydrogens is 262 g/mol. The monoisotopic (exact) mass is 262 g/mol. The Bertz CT molecular complexity index is 588. The Morgan fingerprint density at radius 2 is 0.688 bits per heavy atom. The lowest BCUT2D eigenvalue weighted by molar-refractivity contribution is 0.322. The van der Waals surface area contributed by atoms with Gasteiger partial charge in [0.1, 0.15) is 0 Å². The highest BCUT2D eigenvalue weighted by Crippen LogP contribution is 2.83. The topological polar surface area (TPSA) is 89.5 Å². The lowest BCUT2D eigenvalue weighted by Crippen LogP contribution is -2.03. The zero-order valence-electron chi connectivity index (χ0n) is 7.16. The van der Waals surface area contributed by atoms with Crippen molar-refractivity contribution in [3.8, 4) is 34.5 Å². The maximum Gasteiger partial charge on any atom is 0.647 e. The molecule has 0 unspecified atom stereocenters. The van der Waals surface area contributed by atoms with Crippen LogP contribution < -0.4 is 27.1 Å². The van der Waals surface area contributed by atoms with Gasteiger partial charge in [-0.25, -0.2) is 0 Å². The van der Waals surface area contributed by atoms with Gasteiger partial charge in [-0.15, -0.1) is 0 Å². The van der Waals surface area contributed by atoms with E-state index in [1.807, 2.05) is 0 Å². The normalized spacial score (nSPS) is 25.0. The molecule has 4 aliphatic rings. The standard InChI is InChI=1S/C6O8P2/c7-15-9-1-2-6-4(3(11-15)5(1)13-15)12-16(8,10-2)14-6. The molecule has 8 nitrogen and oxygen atoms in total. The molecule has 0 spiro atoms. The maximum absolute atomic E-state index is 11.7. The second-order valence-corrected chi connectivity index (χ2v) is 6.30. The largest absolute Gasteiger partial charge is 0.647 e. The van der Waals surface area contributed by atoms with E-state index in [9.17, 15) is 9.13 Å². The maximum atomic E-state index is 11.7. The van der Waals surface area contributed by atoms with E-state index in [0.717, 1.165) is 0 Å². The minimum absolute atomic E-state index is 0.101. The van der Waals surface area contributed by atoms with Crippen LogP contribution in [0.15, 0.2) is 0 Å². The molecule has 0 aliphatic carbocycles. The molecule has 4 aliphatic heterocycles. The molecule has 82 valence electrons. The molecule has 0 saturated heterocycles. The van der Waals surface area contributed by atoms with Gasteiger partial charge >= 0.3 is 15.6 Å². The van der Waals surface area contributed by atoms with Gasteiger partial charge in [0.25, 0.3) is 0 Å². The first kappa shape index (κ1) is 7.70. The highest BCUT2D eigenvalue weighted by Gasteiger charge is 2.63. The molecule has 4 bridgehead atoms. The van der Waals surface area contributed by atoms with E-state index in [2.05, 4.69) is 0 Å². The summed E-state index contributed by atoms with van der Waals surface area (Å²) in [5.74, 6) is 0.699. The van der Waals surface area contributed by atoms with Gasteiger partial charge in [0.05, 0.1) is 0 Å². The Labute approximate surface area is 87.2 Å². The zero-order valence-corrected chi connectivity index (χ0v) is 8.95. The number of phosphoric acid groups is 2. The van der Waals surface area contributed by atoms with Crippen molar-refractivity contribution < 1.29 is 36.3 Å². The van der Waals surface area contributed by atoms with Crippen molar-refractivity contribution in [3.63, 3.8) is 0 Å². The Balaban J connectivity index is 1.99. The molecule has 0 saturated carbocycles. The minimum Gasteiger partial charge on any atom is -0.378 e. The molecule has 0 radical (unpaired) electrons. The SMILES string of the molecule is O=P12Oc3c(c4c5c(c3O1)OP(=O)(O5)O4)O2. The van der Waals surface area contributed by atoms with E-state index in [1.54, 1.807) is 0 Å². The molecule has 0 aromatic heterocycles. The predicted molar refractivity (Wildman–Crippen MR) is 45.4 cm³/mol. The highest BCUT2D eigenvalue weighted by atomic mass is 31.2. The molecular formula is C6O8P2. The summed E-state index contributed by atoms with van der Waals surface area (Å²) in [6.45, 7) is 0. The first-order valence-electron chi connectivity index (χ1n) is 4.19. The van der Waals surface area contributed by atoms with Crippen molar-refractivity contribution in [2.75, 3.05) is 0 Å². The van der Waals surface area contributed by atoms with E-state index in [0.29, 0.717) is 0 Å². The van der Waals surface area contributed by atoms with E-state index in [4.69, 9.17) is 27.1 Å². The summed E-state index contributed by atoms with van der Waals surface area (Å²) in [7, 11) is -7.22. The Kier molecular flexibility index (Phi) is 0.850. The number of rotatable bonds is 0. The second kappa shape index (κ2) is 1.77. The third-order valence-corrected chi connectivity index (χ3v) is 4.89. The smallest absolute Gasteiger partial charge is 0.378 e. The number of hydrogen-bond acceptors (Lipinski definition) is 8. The number of benzene rings is 1. The van der Waals surface area contributed by atoms with Gasteiger partial charge in [0.2, 0.25) is 34.5 Å². The molecule has 0 atom stereocenters. The van der Waals surface area contributed by atoms with Gasteiger partial charge in [-0.05, 0) is 0 Å². The lowest BCUT2D eigenvalue weighted by Gasteiger charge is -2.16. The predicted octanol–water partition coefficient (Wildman–Crippen LogP) is 2.23. The van der Waals surface area contributed by atoms with Crippen LogP contribution in [0, 0.1) is 0 Å². The lowest BCUT2D eigenvalue weighted by atomic mass is 10.2. The zero-order chi connectivity index (χ0) is 10.7. The van der Waals surface area contributed by atoms with E-state index < -0.39 is 15.6 Å². The van der Waals surface area contributed by atoms with Gasteiger partial charge in [0, 0.05) is 0 Å². The van der Waals surface area contributed by atoms with Crippen LogP contribution in [-0.4, -0.2) is 0 Å². The second-order valence-electron chi connectivity index (χ2n) is 3.42. The molecule has 10 heteroatoms. The summed E-state index contributed by atoms with van der Waals surface area (Å²) in [6, 6.07) is 0. The molecule has 5 rings (SSSR count). The van der Waals surface area contributed by atoms with Gasteiger partial charge in [-0.3, -0.25) is 0 Å². The number of fused-ring (bicyclic) bond motifs is 4. The van der Waals surface area contributed by atoms with Crippen molar-refractivity contribution in [2.24, 2.45) is 0 Å². The average Bonchev–Trinajstić information content (AvgIpc) is 2.86. The Morgan fingerprint density at radius 3 is 0.875 bits per heavy atom. The van der Waals surface area contributed by atoms with E-state index in [-0.39, 0.29) is 34.5 Å². The Morgan fingerprint density at radius 1 is 0.500 bits per heavy atom. The minimum atomic E-state index is -3.61. The van der Waals surface area contributed by atoms with Crippen LogP contribution >= 0.6 is 15.6 Å². The molecule has 0 N–H and O–H groups in total. The summed E-state index contributed by atoms with van der Waals surface area (Å²) in [5.41, 5.74) is 0. The van der Waals surface area contributed by atoms with E-state index in [1.165, 1.54) is 0 Å². The highest BCUT2D eigenvalue weighted by molar-refractivity contribution is 7.51. The van der Waals surface area contributed by atoms with Crippen LogP contribution in [0.4, 0.5) is 0 Å². The van der Waals surface area contributed by atoms with Crippen LogP contribution in [0.5, 0.6) is 34.5 Å². The first-order chi connectivity index (χ1) is 7.57. The van der Waals surface area contributed by atoms with Crippen molar-refractivity contribution in [1.29, 1.82) is 0 Å². The summed E-state index contributed by atoms with van der Waals surface area (Å²) >= 11 is 0. The Hall–Kier alpha value is -1.52. The summed E-state index contributed by atoms with van der Waals surface area (Å²) < 4.78 is 53.1. The van der Waals surface area contributed by atoms with Gasteiger partial charge in [0.15, 0.2) is 0 Å². The number of phosphoric ester groups is 2. The molecule has 0 fully saturated rings. The van der Waals surface area contributed by atoms with Gasteiger partial charge in [-0.1, -0.05) is 0 Å². The quantitative estimate of drug-likeness (QED) is 0.657. The summed E-state index contributed by atoms with van der Waals surface area (Å²) in [6.07, 6.45) is 0. The fraction of sp³-hybridized carbons (Fsp3) is 0. The fourth-order valence-electron chi connectivity index (χ4n) is 1.90. The van der Waals surface area contributed by atoms with Crippen molar-refractivity contribution in [1.82, 2.24) is 0 Å². The molecule has 1 aromatic rings. The van der Waals surface area contributed by atoms with Crippen LogP contribution in [0.25, 0.3) is 0 Å². The van der Waals surface area contributed by atoms with Gasteiger partial charge in [-0.2, -0.15) is 9.13 Å². The molecule has 16 heavy (non-hydrogen) atoms. The van der Waals surface area contributed by atoms with Crippen molar-refractivity contribution in [2.45, 2.75) is 0 Å². The van der Waals surface area contributed by atoms with Crippen LogP contribution in [0.3, 0.4) is 0 Å². The third kappa shape index (κ3) is 0.597. The molecule has 1 aromatic carbocycles. The first-order valence-corrected chi connectivity index (χ1v) is 7.11. The number of hydrogen-bond donors (Lipinski definition) is 0. The fourth-order valence-corrected chi connectivity index (χ4v) is 4.46. The van der Waals surface area contributed by atoms with Crippen LogP contribution in [0.2, 0.25) is 0 Å². The van der Waals surface area contributed by atoms with Gasteiger partial charge < -0.3 is 27.1 Å². The summed E-state index contributed by atoms with van der Waals surface area (Å²) in [4.78, 5) is 0. The summed E-state index contributed by atoms with van der Waals surface area (Å²) in [5, 5.41) is 0. The van der Waals surface area contributed by atoms with E-state index >= 15 is 0 Å². The molecule has 0 amide bonds. The third-order valence-electron chi connectivity index (χ3n) is 2.46. The average molecular weight is 262 g/mol. The van der Waals surface area contributed by atoms with Crippen molar-refractivity contribution >= 4 is 15.6 Å².